The molecule has 9 nitrogen and oxygen atoms in total. The van der Waals surface area contributed by atoms with Crippen molar-refractivity contribution in [2.24, 2.45) is 0 Å². The topological polar surface area (TPSA) is 107 Å². The molecule has 0 atom stereocenters. The Labute approximate surface area is 150 Å². The summed E-state index contributed by atoms with van der Waals surface area (Å²) in [4.78, 5) is 17.4. The quantitative estimate of drug-likeness (QED) is 0.706. The number of hydrogen-bond donors (Lipinski definition) is 2. The van der Waals surface area contributed by atoms with Crippen molar-refractivity contribution in [2.75, 3.05) is 10.6 Å². The van der Waals surface area contributed by atoms with Gasteiger partial charge < -0.3 is 10.1 Å². The van der Waals surface area contributed by atoms with Gasteiger partial charge in [-0.05, 0) is 47.2 Å². The number of anilines is 2. The summed E-state index contributed by atoms with van der Waals surface area (Å²) < 4.78 is 40.1. The van der Waals surface area contributed by atoms with Gasteiger partial charge in [0.05, 0.1) is 6.54 Å². The second-order valence-corrected chi connectivity index (χ2v) is 5.17. The number of carbonyl (C=O) groups is 1. The molecule has 27 heavy (non-hydrogen) atoms. The fourth-order valence-corrected chi connectivity index (χ4v) is 2.08. The largest absolute Gasteiger partial charge is 0.573 e. The summed E-state index contributed by atoms with van der Waals surface area (Å²) >= 11 is 0. The summed E-state index contributed by atoms with van der Waals surface area (Å²) in [6.07, 6.45) is -1.96. The molecule has 0 aliphatic carbocycles. The van der Waals surface area contributed by atoms with E-state index in [1.165, 1.54) is 29.5 Å². The van der Waals surface area contributed by atoms with Crippen molar-refractivity contribution >= 4 is 17.5 Å². The molecule has 0 aliphatic rings. The number of hydrogen-bond acceptors (Lipinski definition) is 6. The monoisotopic (exact) mass is 379 g/mol. The van der Waals surface area contributed by atoms with E-state index in [9.17, 15) is 18.0 Å². The van der Waals surface area contributed by atoms with Crippen LogP contribution in [0.5, 0.6) is 5.75 Å². The van der Waals surface area contributed by atoms with Crippen LogP contribution in [0.3, 0.4) is 0 Å². The number of nitrogens with zero attached hydrogens (tertiary/aromatic N) is 5. The lowest BCUT2D eigenvalue weighted by atomic mass is 10.2. The van der Waals surface area contributed by atoms with Crippen LogP contribution in [0.1, 0.15) is 5.56 Å². The van der Waals surface area contributed by atoms with E-state index in [1.54, 1.807) is 12.1 Å². The molecule has 0 radical (unpaired) electrons. The Hall–Kier alpha value is -3.70. The van der Waals surface area contributed by atoms with Crippen LogP contribution in [0.4, 0.5) is 29.5 Å². The molecule has 140 valence electrons. The molecule has 0 saturated carbocycles. The van der Waals surface area contributed by atoms with Gasteiger partial charge in [-0.2, -0.15) is 4.80 Å². The SMILES string of the molecule is O=C(Nc1ccc(OC(F)(F)F)cc1)Nc1cc(Cn2ncnn2)ccn1. The van der Waals surface area contributed by atoms with Gasteiger partial charge in [-0.15, -0.1) is 23.4 Å². The third-order valence-electron chi connectivity index (χ3n) is 3.13. The number of rotatable bonds is 5. The molecule has 2 amide bonds. The van der Waals surface area contributed by atoms with Gasteiger partial charge in [-0.1, -0.05) is 0 Å². The minimum Gasteiger partial charge on any atom is -0.406 e. The van der Waals surface area contributed by atoms with E-state index in [4.69, 9.17) is 0 Å². The zero-order valence-electron chi connectivity index (χ0n) is 13.5. The number of carbonyl (C=O) groups excluding carboxylic acids is 1. The zero-order valence-corrected chi connectivity index (χ0v) is 13.5. The molecule has 0 aliphatic heterocycles. The minimum atomic E-state index is -4.77. The average Bonchev–Trinajstić information content (AvgIpc) is 3.08. The molecule has 2 N–H and O–H groups in total. The number of aromatic nitrogens is 5. The van der Waals surface area contributed by atoms with E-state index in [2.05, 4.69) is 35.8 Å². The smallest absolute Gasteiger partial charge is 0.406 e. The number of benzene rings is 1. The fraction of sp³-hybridized carbons (Fsp3) is 0.133. The van der Waals surface area contributed by atoms with Crippen LogP contribution in [-0.4, -0.2) is 37.6 Å². The lowest BCUT2D eigenvalue weighted by Gasteiger charge is -2.10. The van der Waals surface area contributed by atoms with Gasteiger partial charge in [0.25, 0.3) is 0 Å². The highest BCUT2D eigenvalue weighted by Gasteiger charge is 2.30. The molecule has 12 heteroatoms. The lowest BCUT2D eigenvalue weighted by Crippen LogP contribution is -2.20. The third-order valence-corrected chi connectivity index (χ3v) is 3.13. The van der Waals surface area contributed by atoms with E-state index < -0.39 is 12.4 Å². The van der Waals surface area contributed by atoms with Crippen molar-refractivity contribution < 1.29 is 22.7 Å². The fourth-order valence-electron chi connectivity index (χ4n) is 2.08. The van der Waals surface area contributed by atoms with Crippen molar-refractivity contribution in [3.05, 3.63) is 54.5 Å². The summed E-state index contributed by atoms with van der Waals surface area (Å²) in [5.74, 6) is -0.105. The Kier molecular flexibility index (Phi) is 5.15. The van der Waals surface area contributed by atoms with Gasteiger partial charge >= 0.3 is 12.4 Å². The van der Waals surface area contributed by atoms with Crippen LogP contribution in [0.15, 0.2) is 48.9 Å². The number of halogens is 3. The number of amides is 2. The second-order valence-electron chi connectivity index (χ2n) is 5.17. The number of alkyl halides is 3. The van der Waals surface area contributed by atoms with Crippen LogP contribution >= 0.6 is 0 Å². The van der Waals surface area contributed by atoms with Crippen LogP contribution in [0, 0.1) is 0 Å². The maximum absolute atomic E-state index is 12.1. The first-order valence-electron chi connectivity index (χ1n) is 7.47. The second kappa shape index (κ2) is 7.68. The van der Waals surface area contributed by atoms with Gasteiger partial charge in [-0.3, -0.25) is 5.32 Å². The summed E-state index contributed by atoms with van der Waals surface area (Å²) in [6.45, 7) is 0.347. The van der Waals surface area contributed by atoms with Gasteiger partial charge in [0.15, 0.2) is 6.33 Å². The van der Waals surface area contributed by atoms with E-state index in [-0.39, 0.29) is 17.3 Å². The predicted molar refractivity (Wildman–Crippen MR) is 86.9 cm³/mol. The molecule has 2 heterocycles. The molecule has 1 aromatic carbocycles. The number of nitrogens with one attached hydrogen (secondary N) is 2. The lowest BCUT2D eigenvalue weighted by molar-refractivity contribution is -0.274. The first kappa shape index (κ1) is 18.1. The molecular formula is C15H12F3N7O2. The van der Waals surface area contributed by atoms with Crippen LogP contribution < -0.4 is 15.4 Å². The van der Waals surface area contributed by atoms with Gasteiger partial charge in [0.2, 0.25) is 0 Å². The Morgan fingerprint density at radius 1 is 1.15 bits per heavy atom. The Morgan fingerprint density at radius 3 is 2.59 bits per heavy atom. The van der Waals surface area contributed by atoms with E-state index >= 15 is 0 Å². The van der Waals surface area contributed by atoms with Crippen LogP contribution in [0.25, 0.3) is 0 Å². The first-order valence-corrected chi connectivity index (χ1v) is 7.47. The Bertz CT molecular complexity index is 899. The molecule has 3 aromatic rings. The molecule has 0 unspecified atom stereocenters. The highest BCUT2D eigenvalue weighted by atomic mass is 19.4. The molecule has 3 rings (SSSR count). The van der Waals surface area contributed by atoms with Crippen molar-refractivity contribution in [2.45, 2.75) is 12.9 Å². The van der Waals surface area contributed by atoms with Gasteiger partial charge in [-0.25, -0.2) is 9.78 Å². The molecular weight excluding hydrogens is 367 g/mol. The van der Waals surface area contributed by atoms with E-state index in [0.29, 0.717) is 6.54 Å². The van der Waals surface area contributed by atoms with Gasteiger partial charge in [0, 0.05) is 11.9 Å². The standard InChI is InChI=1S/C15H12F3N7O2/c16-15(17,18)27-12-3-1-11(2-4-12)22-14(26)23-13-7-10(5-6-19-13)8-25-21-9-20-24-25/h1-7,9H,8H2,(H2,19,22,23,26). The summed E-state index contributed by atoms with van der Waals surface area (Å²) in [5, 5.41) is 16.2. The zero-order chi connectivity index (χ0) is 19.3. The predicted octanol–water partition coefficient (Wildman–Crippen LogP) is 2.66. The number of tetrazole rings is 1. The molecule has 2 aromatic heterocycles. The van der Waals surface area contributed by atoms with Crippen LogP contribution in [-0.2, 0) is 6.54 Å². The molecule has 0 saturated heterocycles. The van der Waals surface area contributed by atoms with Gasteiger partial charge in [0.1, 0.15) is 11.6 Å². The minimum absolute atomic E-state index is 0.280. The number of ether oxygens (including phenoxy) is 1. The van der Waals surface area contributed by atoms with Crippen molar-refractivity contribution in [1.29, 1.82) is 0 Å². The van der Waals surface area contributed by atoms with E-state index in [1.807, 2.05) is 0 Å². The van der Waals surface area contributed by atoms with Crippen LogP contribution in [0.2, 0.25) is 0 Å². The molecule has 0 spiro atoms. The first-order chi connectivity index (χ1) is 12.9. The normalized spacial score (nSPS) is 11.1. The van der Waals surface area contributed by atoms with Crippen molar-refractivity contribution in [3.8, 4) is 5.75 Å². The maximum atomic E-state index is 12.1. The highest BCUT2D eigenvalue weighted by Crippen LogP contribution is 2.24. The van der Waals surface area contributed by atoms with E-state index in [0.717, 1.165) is 17.7 Å². The third kappa shape index (κ3) is 5.66. The Balaban J connectivity index is 1.57. The summed E-state index contributed by atoms with van der Waals surface area (Å²) in [5.41, 5.74) is 1.07. The average molecular weight is 379 g/mol. The Morgan fingerprint density at radius 2 is 1.93 bits per heavy atom. The summed E-state index contributed by atoms with van der Waals surface area (Å²) in [6, 6.07) is 7.49. The number of urea groups is 1. The molecule has 0 fully saturated rings. The maximum Gasteiger partial charge on any atom is 0.573 e. The van der Waals surface area contributed by atoms with Crippen molar-refractivity contribution in [3.63, 3.8) is 0 Å². The highest BCUT2D eigenvalue weighted by molar-refractivity contribution is 5.99. The number of pyridine rings is 1. The molecule has 0 bridgehead atoms. The van der Waals surface area contributed by atoms with Crippen molar-refractivity contribution in [1.82, 2.24) is 25.2 Å². The summed E-state index contributed by atoms with van der Waals surface area (Å²) in [7, 11) is 0.